The molecule has 1 aromatic carbocycles. The first kappa shape index (κ1) is 30.9. The lowest BCUT2D eigenvalue weighted by molar-refractivity contribution is 0.0548. The first-order chi connectivity index (χ1) is 16.7. The van der Waals surface area contributed by atoms with E-state index in [0.717, 1.165) is 24.2 Å². The van der Waals surface area contributed by atoms with Gasteiger partial charge in [0.2, 0.25) is 5.75 Å². The second-order valence-corrected chi connectivity index (χ2v) is 10.4. The summed E-state index contributed by atoms with van der Waals surface area (Å²) in [5.74, 6) is 3.35. The Morgan fingerprint density at radius 3 is 1.80 bits per heavy atom. The normalized spacial score (nSPS) is 13.5. The fourth-order valence-electron chi connectivity index (χ4n) is 4.35. The van der Waals surface area contributed by atoms with Crippen LogP contribution in [0.25, 0.3) is 0 Å². The Balaban J connectivity index is 2.32. The van der Waals surface area contributed by atoms with E-state index in [-0.39, 0.29) is 6.61 Å². The summed E-state index contributed by atoms with van der Waals surface area (Å²) in [5, 5.41) is 0. The third-order valence-electron chi connectivity index (χ3n) is 6.69. The van der Waals surface area contributed by atoms with Gasteiger partial charge in [0, 0.05) is 0 Å². The number of hydrogen-bond donors (Lipinski definition) is 0. The largest absolute Gasteiger partial charge is 0.493 e. The van der Waals surface area contributed by atoms with E-state index in [0.29, 0.717) is 22.8 Å². The Bertz CT molecular complexity index is 743. The Kier molecular flexibility index (Phi) is 15.2. The number of esters is 1. The van der Waals surface area contributed by atoms with Crippen LogP contribution in [0.2, 0.25) is 0 Å². The molecule has 5 heteroatoms. The van der Waals surface area contributed by atoms with Crippen molar-refractivity contribution in [3.63, 3.8) is 0 Å². The highest BCUT2D eigenvalue weighted by molar-refractivity contribution is 5.91. The highest BCUT2D eigenvalue weighted by atomic mass is 16.5. The fraction of sp³-hybridized carbons (Fsp3) is 0.700. The maximum atomic E-state index is 12.5. The van der Waals surface area contributed by atoms with Crippen LogP contribution < -0.4 is 14.2 Å². The maximum Gasteiger partial charge on any atom is 0.338 e. The number of ether oxygens (including phenoxy) is 4. The summed E-state index contributed by atoms with van der Waals surface area (Å²) in [5.41, 5.74) is 1.63. The van der Waals surface area contributed by atoms with E-state index in [1.54, 1.807) is 12.1 Å². The SMILES string of the molecule is COc1cc(C(=O)OC/C=C(\C)CCC[C@H](C)CCC[C@H](C)CCCC(C)C)cc(OC)c1OC. The number of hydrogen-bond acceptors (Lipinski definition) is 5. The van der Waals surface area contributed by atoms with Crippen LogP contribution >= 0.6 is 0 Å². The second kappa shape index (κ2) is 17.3. The molecule has 0 bridgehead atoms. The Morgan fingerprint density at radius 1 is 0.800 bits per heavy atom. The summed E-state index contributed by atoms with van der Waals surface area (Å²) in [7, 11) is 4.58. The molecule has 200 valence electrons. The van der Waals surface area contributed by atoms with Crippen molar-refractivity contribution >= 4 is 5.97 Å². The van der Waals surface area contributed by atoms with Gasteiger partial charge in [0.05, 0.1) is 26.9 Å². The Hall–Kier alpha value is -2.17. The molecular formula is C30H50O5. The van der Waals surface area contributed by atoms with Crippen LogP contribution in [-0.2, 0) is 4.74 Å². The Labute approximate surface area is 214 Å². The Morgan fingerprint density at radius 2 is 1.31 bits per heavy atom. The monoisotopic (exact) mass is 490 g/mol. The van der Waals surface area contributed by atoms with Crippen molar-refractivity contribution in [2.24, 2.45) is 17.8 Å². The zero-order valence-corrected chi connectivity index (χ0v) is 23.6. The van der Waals surface area contributed by atoms with E-state index in [4.69, 9.17) is 18.9 Å². The summed E-state index contributed by atoms with van der Waals surface area (Å²) < 4.78 is 21.4. The maximum absolute atomic E-state index is 12.5. The van der Waals surface area contributed by atoms with Crippen LogP contribution in [0.3, 0.4) is 0 Å². The smallest absolute Gasteiger partial charge is 0.338 e. The predicted octanol–water partition coefficient (Wildman–Crippen LogP) is 8.25. The number of allylic oxidation sites excluding steroid dienone is 1. The van der Waals surface area contributed by atoms with Crippen LogP contribution in [0, 0.1) is 17.8 Å². The standard InChI is InChI=1S/C30H50O5/c1-22(2)12-9-13-23(3)14-10-15-24(4)16-11-17-25(5)18-19-35-30(31)26-20-27(32-6)29(34-8)28(21-26)33-7/h18,20-24H,9-17,19H2,1-8H3/b25-18+/t23-,24-/m1/s1. The molecule has 0 unspecified atom stereocenters. The van der Waals surface area contributed by atoms with Crippen LogP contribution in [0.4, 0.5) is 0 Å². The van der Waals surface area contributed by atoms with Gasteiger partial charge in [-0.05, 0) is 55.7 Å². The average molecular weight is 491 g/mol. The zero-order chi connectivity index (χ0) is 26.2. The minimum absolute atomic E-state index is 0.256. The summed E-state index contributed by atoms with van der Waals surface area (Å²) >= 11 is 0. The molecule has 0 radical (unpaired) electrons. The molecule has 0 saturated heterocycles. The van der Waals surface area contributed by atoms with Crippen molar-refractivity contribution in [2.45, 2.75) is 92.4 Å². The minimum Gasteiger partial charge on any atom is -0.493 e. The van der Waals surface area contributed by atoms with Gasteiger partial charge >= 0.3 is 5.97 Å². The highest BCUT2D eigenvalue weighted by Crippen LogP contribution is 2.38. The van der Waals surface area contributed by atoms with Crippen LogP contribution in [0.15, 0.2) is 23.8 Å². The van der Waals surface area contributed by atoms with E-state index >= 15 is 0 Å². The van der Waals surface area contributed by atoms with Gasteiger partial charge in [-0.15, -0.1) is 0 Å². The molecule has 0 saturated carbocycles. The van der Waals surface area contributed by atoms with E-state index in [2.05, 4.69) is 34.6 Å². The summed E-state index contributed by atoms with van der Waals surface area (Å²) in [6.45, 7) is 11.8. The first-order valence-electron chi connectivity index (χ1n) is 13.3. The molecule has 0 aliphatic rings. The number of rotatable bonds is 18. The van der Waals surface area contributed by atoms with Crippen molar-refractivity contribution in [2.75, 3.05) is 27.9 Å². The first-order valence-corrected chi connectivity index (χ1v) is 13.3. The molecule has 0 fully saturated rings. The summed E-state index contributed by atoms with van der Waals surface area (Å²) in [6.07, 6.45) is 13.6. The molecule has 1 rings (SSSR count). The molecule has 1 aromatic rings. The molecule has 0 N–H and O–H groups in total. The number of carbonyl (C=O) groups excluding carboxylic acids is 1. The molecule has 0 heterocycles. The predicted molar refractivity (Wildman–Crippen MR) is 145 cm³/mol. The quantitative estimate of drug-likeness (QED) is 0.153. The minimum atomic E-state index is -0.416. The zero-order valence-electron chi connectivity index (χ0n) is 23.6. The van der Waals surface area contributed by atoms with E-state index in [1.165, 1.54) is 78.3 Å². The van der Waals surface area contributed by atoms with Crippen LogP contribution in [-0.4, -0.2) is 33.9 Å². The van der Waals surface area contributed by atoms with Gasteiger partial charge in [-0.3, -0.25) is 0 Å². The van der Waals surface area contributed by atoms with Gasteiger partial charge in [0.15, 0.2) is 11.5 Å². The molecule has 35 heavy (non-hydrogen) atoms. The number of carbonyl (C=O) groups is 1. The van der Waals surface area contributed by atoms with E-state index in [9.17, 15) is 4.79 Å². The van der Waals surface area contributed by atoms with E-state index < -0.39 is 5.97 Å². The van der Waals surface area contributed by atoms with Crippen molar-refractivity contribution in [1.29, 1.82) is 0 Å². The molecule has 0 amide bonds. The van der Waals surface area contributed by atoms with Crippen LogP contribution in [0.1, 0.15) is 103 Å². The van der Waals surface area contributed by atoms with E-state index in [1.807, 2.05) is 6.08 Å². The second-order valence-electron chi connectivity index (χ2n) is 10.4. The molecule has 0 aliphatic carbocycles. The average Bonchev–Trinajstić information content (AvgIpc) is 2.82. The molecule has 5 nitrogen and oxygen atoms in total. The van der Waals surface area contributed by atoms with Crippen molar-refractivity contribution in [1.82, 2.24) is 0 Å². The van der Waals surface area contributed by atoms with Gasteiger partial charge in [-0.2, -0.15) is 0 Å². The fourth-order valence-corrected chi connectivity index (χ4v) is 4.35. The van der Waals surface area contributed by atoms with Gasteiger partial charge in [0.1, 0.15) is 6.61 Å². The lowest BCUT2D eigenvalue weighted by Crippen LogP contribution is -2.07. The summed E-state index contributed by atoms with van der Waals surface area (Å²) in [6, 6.07) is 3.21. The van der Waals surface area contributed by atoms with Gasteiger partial charge < -0.3 is 18.9 Å². The molecule has 0 aromatic heterocycles. The van der Waals surface area contributed by atoms with Gasteiger partial charge in [-0.1, -0.05) is 78.2 Å². The van der Waals surface area contributed by atoms with Crippen molar-refractivity contribution in [3.8, 4) is 17.2 Å². The lowest BCUT2D eigenvalue weighted by Gasteiger charge is -2.15. The van der Waals surface area contributed by atoms with Gasteiger partial charge in [-0.25, -0.2) is 4.79 Å². The van der Waals surface area contributed by atoms with Crippen molar-refractivity contribution in [3.05, 3.63) is 29.3 Å². The molecular weight excluding hydrogens is 440 g/mol. The lowest BCUT2D eigenvalue weighted by atomic mass is 9.91. The summed E-state index contributed by atoms with van der Waals surface area (Å²) in [4.78, 5) is 12.5. The van der Waals surface area contributed by atoms with Crippen LogP contribution in [0.5, 0.6) is 17.2 Å². The number of methoxy groups -OCH3 is 3. The number of benzene rings is 1. The molecule has 0 spiro atoms. The highest BCUT2D eigenvalue weighted by Gasteiger charge is 2.17. The topological polar surface area (TPSA) is 54.0 Å². The third-order valence-corrected chi connectivity index (χ3v) is 6.69. The molecule has 0 aliphatic heterocycles. The molecule has 2 atom stereocenters. The van der Waals surface area contributed by atoms with Gasteiger partial charge in [0.25, 0.3) is 0 Å². The third kappa shape index (κ3) is 12.4. The van der Waals surface area contributed by atoms with Crippen molar-refractivity contribution < 1.29 is 23.7 Å².